The molecule has 0 fully saturated rings. The number of unbranched alkanes of at least 4 members (excludes halogenated alkanes) is 1. The molecule has 0 aliphatic heterocycles. The van der Waals surface area contributed by atoms with Gasteiger partial charge in [0.1, 0.15) is 0 Å². The van der Waals surface area contributed by atoms with Crippen LogP contribution in [0.2, 0.25) is 0 Å². The van der Waals surface area contributed by atoms with E-state index in [1.165, 1.54) is 14.2 Å². The van der Waals surface area contributed by atoms with Gasteiger partial charge in [0.05, 0.1) is 38.9 Å². The highest BCUT2D eigenvalue weighted by molar-refractivity contribution is 5.92. The molecule has 0 unspecified atom stereocenters. The molecule has 1 aromatic rings. The van der Waals surface area contributed by atoms with Crippen molar-refractivity contribution in [3.8, 4) is 17.6 Å². The van der Waals surface area contributed by atoms with Crippen molar-refractivity contribution in [2.24, 2.45) is 0 Å². The third-order valence-electron chi connectivity index (χ3n) is 2.85. The molecule has 5 heteroatoms. The van der Waals surface area contributed by atoms with Gasteiger partial charge in [0.25, 0.3) is 0 Å². The van der Waals surface area contributed by atoms with Gasteiger partial charge in [0.2, 0.25) is 0 Å². The third kappa shape index (κ3) is 3.64. The number of carbonyl (C=O) groups is 1. The first-order valence-electron chi connectivity index (χ1n) is 6.47. The Morgan fingerprint density at radius 1 is 1.35 bits per heavy atom. The van der Waals surface area contributed by atoms with E-state index in [-0.39, 0.29) is 6.42 Å². The smallest absolute Gasteiger partial charge is 0.338 e. The summed E-state index contributed by atoms with van der Waals surface area (Å²) in [5.74, 6) is 0.470. The highest BCUT2D eigenvalue weighted by Crippen LogP contribution is 2.34. The Hall–Kier alpha value is -2.22. The van der Waals surface area contributed by atoms with Crippen molar-refractivity contribution < 1.29 is 19.0 Å². The predicted octanol–water partition coefficient (Wildman–Crippen LogP) is 2.73. The fourth-order valence-corrected chi connectivity index (χ4v) is 1.83. The van der Waals surface area contributed by atoms with Crippen molar-refractivity contribution >= 4 is 5.97 Å². The van der Waals surface area contributed by atoms with Gasteiger partial charge in [-0.05, 0) is 18.6 Å². The van der Waals surface area contributed by atoms with Crippen LogP contribution in [0.25, 0.3) is 0 Å². The summed E-state index contributed by atoms with van der Waals surface area (Å²) in [6.07, 6.45) is 2.00. The van der Waals surface area contributed by atoms with E-state index in [1.54, 1.807) is 12.1 Å². The number of carbonyl (C=O) groups excluding carboxylic acids is 1. The molecule has 0 N–H and O–H groups in total. The summed E-state index contributed by atoms with van der Waals surface area (Å²) in [5.41, 5.74) is 0.824. The van der Waals surface area contributed by atoms with Crippen LogP contribution in [-0.2, 0) is 11.2 Å². The predicted molar refractivity (Wildman–Crippen MR) is 74.1 cm³/mol. The number of nitriles is 1. The number of hydrogen-bond donors (Lipinski definition) is 0. The highest BCUT2D eigenvalue weighted by Gasteiger charge is 2.20. The molecule has 0 aliphatic carbocycles. The van der Waals surface area contributed by atoms with Crippen LogP contribution in [0.5, 0.6) is 11.5 Å². The molecule has 0 aliphatic rings. The van der Waals surface area contributed by atoms with Crippen molar-refractivity contribution in [2.45, 2.75) is 26.2 Å². The molecule has 1 aromatic carbocycles. The lowest BCUT2D eigenvalue weighted by molar-refractivity contribution is 0.0599. The molecule has 0 bridgehead atoms. The summed E-state index contributed by atoms with van der Waals surface area (Å²) in [5, 5.41) is 8.93. The first-order valence-corrected chi connectivity index (χ1v) is 6.47. The van der Waals surface area contributed by atoms with E-state index < -0.39 is 5.97 Å². The van der Waals surface area contributed by atoms with Gasteiger partial charge in [-0.25, -0.2) is 4.79 Å². The van der Waals surface area contributed by atoms with E-state index in [0.29, 0.717) is 29.2 Å². The number of ether oxygens (including phenoxy) is 3. The van der Waals surface area contributed by atoms with Crippen LogP contribution < -0.4 is 9.47 Å². The van der Waals surface area contributed by atoms with E-state index in [9.17, 15) is 4.79 Å². The van der Waals surface area contributed by atoms with E-state index in [0.717, 1.165) is 12.8 Å². The van der Waals surface area contributed by atoms with E-state index >= 15 is 0 Å². The molecule has 20 heavy (non-hydrogen) atoms. The second kappa shape index (κ2) is 8.05. The average molecular weight is 277 g/mol. The number of benzene rings is 1. The number of esters is 1. The maximum absolute atomic E-state index is 11.7. The van der Waals surface area contributed by atoms with Crippen molar-refractivity contribution in [3.05, 3.63) is 23.3 Å². The Morgan fingerprint density at radius 3 is 2.65 bits per heavy atom. The molecule has 0 atom stereocenters. The molecular formula is C15H19NO4. The maximum atomic E-state index is 11.7. The molecule has 0 aromatic heterocycles. The lowest BCUT2D eigenvalue weighted by atomic mass is 10.0. The zero-order chi connectivity index (χ0) is 15.0. The molecule has 1 rings (SSSR count). The number of rotatable bonds is 7. The Morgan fingerprint density at radius 2 is 2.10 bits per heavy atom. The normalized spacial score (nSPS) is 9.70. The lowest BCUT2D eigenvalue weighted by Crippen LogP contribution is -2.09. The van der Waals surface area contributed by atoms with Crippen LogP contribution >= 0.6 is 0 Å². The zero-order valence-corrected chi connectivity index (χ0v) is 12.1. The molecule has 0 heterocycles. The van der Waals surface area contributed by atoms with Crippen LogP contribution in [-0.4, -0.2) is 26.8 Å². The summed E-state index contributed by atoms with van der Waals surface area (Å²) in [7, 11) is 2.79. The zero-order valence-electron chi connectivity index (χ0n) is 12.1. The second-order valence-corrected chi connectivity index (χ2v) is 4.15. The number of hydrogen-bond acceptors (Lipinski definition) is 5. The van der Waals surface area contributed by atoms with Crippen LogP contribution in [0.1, 0.15) is 35.7 Å². The van der Waals surface area contributed by atoms with Crippen molar-refractivity contribution in [2.75, 3.05) is 20.8 Å². The van der Waals surface area contributed by atoms with Gasteiger partial charge < -0.3 is 14.2 Å². The summed E-state index contributed by atoms with van der Waals surface area (Å²) >= 11 is 0. The van der Waals surface area contributed by atoms with E-state index in [1.807, 2.05) is 6.07 Å². The molecule has 108 valence electrons. The van der Waals surface area contributed by atoms with Crippen molar-refractivity contribution in [1.82, 2.24) is 0 Å². The molecular weight excluding hydrogens is 258 g/mol. The molecule has 0 saturated carbocycles. The number of methoxy groups -OCH3 is 2. The van der Waals surface area contributed by atoms with E-state index in [2.05, 4.69) is 6.92 Å². The first-order chi connectivity index (χ1) is 9.69. The van der Waals surface area contributed by atoms with Gasteiger partial charge in [0.15, 0.2) is 11.5 Å². The summed E-state index contributed by atoms with van der Waals surface area (Å²) in [6.45, 7) is 2.64. The van der Waals surface area contributed by atoms with Crippen LogP contribution in [0.4, 0.5) is 0 Å². The number of nitrogens with zero attached hydrogens (tertiary/aromatic N) is 1. The topological polar surface area (TPSA) is 68.5 Å². The third-order valence-corrected chi connectivity index (χ3v) is 2.85. The van der Waals surface area contributed by atoms with Gasteiger partial charge in [-0.3, -0.25) is 0 Å². The average Bonchev–Trinajstić information content (AvgIpc) is 2.47. The van der Waals surface area contributed by atoms with Crippen LogP contribution in [0, 0.1) is 11.3 Å². The van der Waals surface area contributed by atoms with Crippen LogP contribution in [0.15, 0.2) is 12.1 Å². The standard InChI is InChI=1S/C15H19NO4/c1-4-5-10-20-13-7-6-12(15(17)19-3)11(8-9-16)14(13)18-2/h6-7H,4-5,8,10H2,1-3H3. The molecule has 0 saturated heterocycles. The Bertz CT molecular complexity index is 505. The quantitative estimate of drug-likeness (QED) is 0.566. The van der Waals surface area contributed by atoms with Gasteiger partial charge in [0, 0.05) is 5.56 Å². The molecule has 5 nitrogen and oxygen atoms in total. The lowest BCUT2D eigenvalue weighted by Gasteiger charge is -2.15. The van der Waals surface area contributed by atoms with Gasteiger partial charge in [-0.1, -0.05) is 13.3 Å². The van der Waals surface area contributed by atoms with Gasteiger partial charge in [-0.2, -0.15) is 5.26 Å². The largest absolute Gasteiger partial charge is 0.493 e. The fourth-order valence-electron chi connectivity index (χ4n) is 1.83. The highest BCUT2D eigenvalue weighted by atomic mass is 16.5. The fraction of sp³-hybridized carbons (Fsp3) is 0.467. The molecule has 0 spiro atoms. The first kappa shape index (κ1) is 15.8. The van der Waals surface area contributed by atoms with Gasteiger partial charge in [-0.15, -0.1) is 0 Å². The summed E-state index contributed by atoms with van der Waals surface area (Å²) in [6, 6.07) is 5.30. The minimum Gasteiger partial charge on any atom is -0.493 e. The maximum Gasteiger partial charge on any atom is 0.338 e. The van der Waals surface area contributed by atoms with Crippen molar-refractivity contribution in [1.29, 1.82) is 5.26 Å². The Balaban J connectivity index is 3.19. The van der Waals surface area contributed by atoms with E-state index in [4.69, 9.17) is 19.5 Å². The molecule has 0 amide bonds. The second-order valence-electron chi connectivity index (χ2n) is 4.15. The van der Waals surface area contributed by atoms with Crippen LogP contribution in [0.3, 0.4) is 0 Å². The van der Waals surface area contributed by atoms with Crippen molar-refractivity contribution in [3.63, 3.8) is 0 Å². The molecule has 0 radical (unpaired) electrons. The Labute approximate surface area is 119 Å². The van der Waals surface area contributed by atoms with Gasteiger partial charge >= 0.3 is 5.97 Å². The summed E-state index contributed by atoms with van der Waals surface area (Å²) < 4.78 is 15.7. The minimum absolute atomic E-state index is 0.0542. The summed E-state index contributed by atoms with van der Waals surface area (Å²) in [4.78, 5) is 11.7. The Kier molecular flexibility index (Phi) is 6.38. The SMILES string of the molecule is CCCCOc1ccc(C(=O)OC)c(CC#N)c1OC. The monoisotopic (exact) mass is 277 g/mol. The minimum atomic E-state index is -0.492.